The molecule has 0 aliphatic heterocycles. The maximum atomic E-state index is 11.9. The van der Waals surface area contributed by atoms with Crippen LogP contribution in [0.2, 0.25) is 0 Å². The Morgan fingerprint density at radius 2 is 1.70 bits per heavy atom. The summed E-state index contributed by atoms with van der Waals surface area (Å²) >= 11 is 1.33. The van der Waals surface area contributed by atoms with Crippen molar-refractivity contribution in [2.75, 3.05) is 14.2 Å². The molecule has 0 spiro atoms. The summed E-state index contributed by atoms with van der Waals surface area (Å²) in [5.41, 5.74) is 6.03. The standard InChI is InChI=1S/C19H21N3O4S/c1-19(2,3)15-8-14(16(27-15)17(20)23)26-18-10-6-12(24-4)13(25-5)7-11(10)21-9-22-18/h6-9H,1-5H3,(H2,20,23). The predicted octanol–water partition coefficient (Wildman–Crippen LogP) is 3.90. The fraction of sp³-hybridized carbons (Fsp3) is 0.316. The van der Waals surface area contributed by atoms with Crippen molar-refractivity contribution in [3.05, 3.63) is 34.3 Å². The molecule has 142 valence electrons. The van der Waals surface area contributed by atoms with Gasteiger partial charge in [-0.25, -0.2) is 9.97 Å². The summed E-state index contributed by atoms with van der Waals surface area (Å²) < 4.78 is 16.7. The first-order chi connectivity index (χ1) is 12.7. The van der Waals surface area contributed by atoms with Crippen LogP contribution >= 0.6 is 11.3 Å². The molecule has 0 aliphatic carbocycles. The van der Waals surface area contributed by atoms with Crippen LogP contribution in [-0.4, -0.2) is 30.1 Å². The van der Waals surface area contributed by atoms with Gasteiger partial charge in [0.1, 0.15) is 11.2 Å². The number of carbonyl (C=O) groups excluding carboxylic acids is 1. The molecule has 3 aromatic rings. The van der Waals surface area contributed by atoms with E-state index in [4.69, 9.17) is 19.9 Å². The van der Waals surface area contributed by atoms with E-state index in [2.05, 4.69) is 30.7 Å². The van der Waals surface area contributed by atoms with E-state index >= 15 is 0 Å². The third-order valence-corrected chi connectivity index (χ3v) is 5.53. The van der Waals surface area contributed by atoms with Gasteiger partial charge in [-0.2, -0.15) is 0 Å². The molecular weight excluding hydrogens is 366 g/mol. The summed E-state index contributed by atoms with van der Waals surface area (Å²) in [6.45, 7) is 6.18. The van der Waals surface area contributed by atoms with E-state index in [-0.39, 0.29) is 5.41 Å². The number of hydrogen-bond donors (Lipinski definition) is 1. The van der Waals surface area contributed by atoms with Gasteiger partial charge in [-0.15, -0.1) is 11.3 Å². The maximum Gasteiger partial charge on any atom is 0.262 e. The van der Waals surface area contributed by atoms with Gasteiger partial charge >= 0.3 is 0 Å². The van der Waals surface area contributed by atoms with E-state index in [0.29, 0.717) is 38.9 Å². The number of nitrogens with zero attached hydrogens (tertiary/aromatic N) is 2. The molecule has 0 radical (unpaired) electrons. The number of amides is 1. The summed E-state index contributed by atoms with van der Waals surface area (Å²) in [6.07, 6.45) is 1.39. The van der Waals surface area contributed by atoms with Crippen LogP contribution in [0.15, 0.2) is 24.5 Å². The second-order valence-electron chi connectivity index (χ2n) is 6.92. The van der Waals surface area contributed by atoms with Gasteiger partial charge in [0.25, 0.3) is 5.91 Å². The highest BCUT2D eigenvalue weighted by molar-refractivity contribution is 7.14. The van der Waals surface area contributed by atoms with Crippen LogP contribution in [0.25, 0.3) is 10.9 Å². The summed E-state index contributed by atoms with van der Waals surface area (Å²) in [4.78, 5) is 21.7. The van der Waals surface area contributed by atoms with Crippen LogP contribution in [0.5, 0.6) is 23.1 Å². The first kappa shape index (κ1) is 18.9. The third-order valence-electron chi connectivity index (χ3n) is 3.97. The van der Waals surface area contributed by atoms with Crippen LogP contribution in [-0.2, 0) is 5.41 Å². The molecule has 2 N–H and O–H groups in total. The Kier molecular flexibility index (Phi) is 4.93. The van der Waals surface area contributed by atoms with Gasteiger partial charge in [-0.1, -0.05) is 20.8 Å². The number of fused-ring (bicyclic) bond motifs is 1. The first-order valence-electron chi connectivity index (χ1n) is 8.23. The van der Waals surface area contributed by atoms with Crippen molar-refractivity contribution in [3.8, 4) is 23.1 Å². The molecule has 1 amide bonds. The number of aromatic nitrogens is 2. The molecule has 0 saturated heterocycles. The Balaban J connectivity index is 2.12. The summed E-state index contributed by atoms with van der Waals surface area (Å²) in [7, 11) is 3.11. The van der Waals surface area contributed by atoms with Crippen LogP contribution in [0, 0.1) is 0 Å². The van der Waals surface area contributed by atoms with Crippen molar-refractivity contribution in [1.82, 2.24) is 9.97 Å². The van der Waals surface area contributed by atoms with Crippen molar-refractivity contribution < 1.29 is 19.0 Å². The van der Waals surface area contributed by atoms with Gasteiger partial charge in [0.15, 0.2) is 17.2 Å². The van der Waals surface area contributed by atoms with Crippen LogP contribution in [0.4, 0.5) is 0 Å². The number of hydrogen-bond acceptors (Lipinski definition) is 7. The van der Waals surface area contributed by atoms with E-state index in [1.165, 1.54) is 17.7 Å². The predicted molar refractivity (Wildman–Crippen MR) is 104 cm³/mol. The largest absolute Gasteiger partial charge is 0.493 e. The fourth-order valence-corrected chi connectivity index (χ4v) is 3.53. The quantitative estimate of drug-likeness (QED) is 0.713. The molecule has 8 heteroatoms. The highest BCUT2D eigenvalue weighted by Crippen LogP contribution is 2.40. The fourth-order valence-electron chi connectivity index (χ4n) is 2.54. The molecule has 0 atom stereocenters. The smallest absolute Gasteiger partial charge is 0.262 e. The summed E-state index contributed by atoms with van der Waals surface area (Å²) in [5.74, 6) is 1.23. The minimum Gasteiger partial charge on any atom is -0.493 e. The molecule has 7 nitrogen and oxygen atoms in total. The lowest BCUT2D eigenvalue weighted by Crippen LogP contribution is -2.10. The number of nitrogens with two attached hydrogens (primary N) is 1. The highest BCUT2D eigenvalue weighted by Gasteiger charge is 2.24. The lowest BCUT2D eigenvalue weighted by atomic mass is 9.95. The summed E-state index contributed by atoms with van der Waals surface area (Å²) in [6, 6.07) is 5.32. The minimum atomic E-state index is -0.539. The number of carbonyl (C=O) groups is 1. The Morgan fingerprint density at radius 1 is 1.04 bits per heavy atom. The van der Waals surface area contributed by atoms with Crippen molar-refractivity contribution in [2.24, 2.45) is 5.73 Å². The van der Waals surface area contributed by atoms with Crippen molar-refractivity contribution in [3.63, 3.8) is 0 Å². The molecule has 1 aromatic carbocycles. The maximum absolute atomic E-state index is 11.9. The van der Waals surface area contributed by atoms with E-state index in [9.17, 15) is 4.79 Å². The van der Waals surface area contributed by atoms with Gasteiger partial charge in [0, 0.05) is 10.9 Å². The number of thiophene rings is 1. The molecule has 0 saturated carbocycles. The Labute approximate surface area is 161 Å². The van der Waals surface area contributed by atoms with E-state index in [0.717, 1.165) is 4.88 Å². The molecule has 3 rings (SSSR count). The third kappa shape index (κ3) is 3.66. The minimum absolute atomic E-state index is 0.138. The zero-order valence-electron chi connectivity index (χ0n) is 15.8. The van der Waals surface area contributed by atoms with Crippen molar-refractivity contribution >= 4 is 28.1 Å². The van der Waals surface area contributed by atoms with E-state index < -0.39 is 5.91 Å². The van der Waals surface area contributed by atoms with Gasteiger partial charge in [-0.3, -0.25) is 4.79 Å². The van der Waals surface area contributed by atoms with Gasteiger partial charge < -0.3 is 19.9 Å². The average Bonchev–Trinajstić information content (AvgIpc) is 3.05. The molecule has 0 fully saturated rings. The SMILES string of the molecule is COc1cc2ncnc(Oc3cc(C(C)(C)C)sc3C(N)=O)c2cc1OC. The molecule has 0 aliphatic rings. The second-order valence-corrected chi connectivity index (χ2v) is 7.98. The monoisotopic (exact) mass is 387 g/mol. The van der Waals surface area contributed by atoms with Gasteiger partial charge in [0.2, 0.25) is 5.88 Å². The number of benzene rings is 1. The molecule has 0 bridgehead atoms. The second kappa shape index (κ2) is 7.03. The first-order valence-corrected chi connectivity index (χ1v) is 9.05. The zero-order chi connectivity index (χ0) is 19.8. The number of rotatable bonds is 5. The molecule has 0 unspecified atom stereocenters. The molecule has 2 aromatic heterocycles. The molecule has 27 heavy (non-hydrogen) atoms. The highest BCUT2D eigenvalue weighted by atomic mass is 32.1. The Bertz CT molecular complexity index is 1010. The number of ether oxygens (including phenoxy) is 3. The topological polar surface area (TPSA) is 96.6 Å². The number of methoxy groups -OCH3 is 2. The Morgan fingerprint density at radius 3 is 2.30 bits per heavy atom. The van der Waals surface area contributed by atoms with Gasteiger partial charge in [-0.05, 0) is 17.5 Å². The lowest BCUT2D eigenvalue weighted by molar-refractivity contribution is 0.100. The Hall–Kier alpha value is -2.87. The van der Waals surface area contributed by atoms with Crippen molar-refractivity contribution in [1.29, 1.82) is 0 Å². The summed E-state index contributed by atoms with van der Waals surface area (Å²) in [5, 5.41) is 0.633. The van der Waals surface area contributed by atoms with E-state index in [1.54, 1.807) is 26.4 Å². The van der Waals surface area contributed by atoms with Crippen molar-refractivity contribution in [2.45, 2.75) is 26.2 Å². The number of primary amides is 1. The van der Waals surface area contributed by atoms with Gasteiger partial charge in [0.05, 0.1) is 25.1 Å². The lowest BCUT2D eigenvalue weighted by Gasteiger charge is -2.15. The normalized spacial score (nSPS) is 11.4. The average molecular weight is 387 g/mol. The molecular formula is C19H21N3O4S. The van der Waals surface area contributed by atoms with Crippen LogP contribution in [0.3, 0.4) is 0 Å². The van der Waals surface area contributed by atoms with Crippen LogP contribution in [0.1, 0.15) is 35.3 Å². The van der Waals surface area contributed by atoms with Crippen LogP contribution < -0.4 is 19.9 Å². The van der Waals surface area contributed by atoms with E-state index in [1.807, 2.05) is 6.07 Å². The zero-order valence-corrected chi connectivity index (χ0v) is 16.6. The molecule has 2 heterocycles.